The van der Waals surface area contributed by atoms with Crippen LogP contribution >= 0.6 is 0 Å². The van der Waals surface area contributed by atoms with Crippen molar-refractivity contribution in [2.45, 2.75) is 40.0 Å². The summed E-state index contributed by atoms with van der Waals surface area (Å²) in [4.78, 5) is 11.4. The van der Waals surface area contributed by atoms with Gasteiger partial charge in [-0.1, -0.05) is 32.4 Å². The third kappa shape index (κ3) is 1.13. The Morgan fingerprint density at radius 1 is 1.57 bits per heavy atom. The number of hydrogen-bond acceptors (Lipinski definition) is 1. The van der Waals surface area contributed by atoms with E-state index < -0.39 is 11.4 Å². The van der Waals surface area contributed by atoms with E-state index in [1.165, 1.54) is 0 Å². The van der Waals surface area contributed by atoms with Crippen molar-refractivity contribution in [1.82, 2.24) is 0 Å². The Bertz CT molecular complexity index is 309. The molecule has 0 amide bonds. The van der Waals surface area contributed by atoms with E-state index in [4.69, 9.17) is 0 Å². The lowest BCUT2D eigenvalue weighted by Crippen LogP contribution is -2.34. The van der Waals surface area contributed by atoms with Gasteiger partial charge in [0.05, 0.1) is 5.41 Å². The summed E-state index contributed by atoms with van der Waals surface area (Å²) in [6.07, 6.45) is 4.97. The van der Waals surface area contributed by atoms with E-state index in [2.05, 4.69) is 26.8 Å². The highest BCUT2D eigenvalue weighted by Gasteiger charge is 2.54. The van der Waals surface area contributed by atoms with Crippen LogP contribution in [0.3, 0.4) is 0 Å². The number of aliphatic carboxylic acids is 1. The first-order valence-electron chi connectivity index (χ1n) is 5.32. The van der Waals surface area contributed by atoms with E-state index in [0.717, 1.165) is 24.8 Å². The quantitative estimate of drug-likeness (QED) is 0.652. The highest BCUT2D eigenvalue weighted by molar-refractivity contribution is 5.80. The maximum absolute atomic E-state index is 11.4. The lowest BCUT2D eigenvalue weighted by Gasteiger charge is -2.34. The normalized spacial score (nSPS) is 35.9. The van der Waals surface area contributed by atoms with Gasteiger partial charge in [0.2, 0.25) is 0 Å². The van der Waals surface area contributed by atoms with Gasteiger partial charge in [-0.3, -0.25) is 4.79 Å². The molecule has 1 N–H and O–H groups in total. The predicted molar refractivity (Wildman–Crippen MR) is 54.9 cm³/mol. The van der Waals surface area contributed by atoms with Crippen LogP contribution in [0.15, 0.2) is 11.6 Å². The maximum atomic E-state index is 11.4. The summed E-state index contributed by atoms with van der Waals surface area (Å²) < 4.78 is 0. The van der Waals surface area contributed by atoms with Gasteiger partial charge in [0.25, 0.3) is 0 Å². The Morgan fingerprint density at radius 3 is 2.57 bits per heavy atom. The molecule has 0 heterocycles. The molecule has 2 aliphatic carbocycles. The van der Waals surface area contributed by atoms with Crippen LogP contribution in [0.25, 0.3) is 0 Å². The minimum atomic E-state index is -0.612. The van der Waals surface area contributed by atoms with E-state index in [9.17, 15) is 9.90 Å². The molecular weight excluding hydrogens is 176 g/mol. The number of carbonyl (C=O) groups is 1. The van der Waals surface area contributed by atoms with Gasteiger partial charge in [-0.25, -0.2) is 0 Å². The molecule has 2 aliphatic rings. The van der Waals surface area contributed by atoms with Gasteiger partial charge >= 0.3 is 5.97 Å². The van der Waals surface area contributed by atoms with Crippen LogP contribution in [0.1, 0.15) is 40.0 Å². The Balaban J connectivity index is 2.43. The minimum Gasteiger partial charge on any atom is -0.481 e. The summed E-state index contributed by atoms with van der Waals surface area (Å²) in [6.45, 7) is 6.35. The second-order valence-electron chi connectivity index (χ2n) is 5.72. The first-order chi connectivity index (χ1) is 6.36. The summed E-state index contributed by atoms with van der Waals surface area (Å²) in [5.41, 5.74) is 0.657. The van der Waals surface area contributed by atoms with Gasteiger partial charge in [-0.05, 0) is 30.6 Å². The molecule has 0 aromatic rings. The Labute approximate surface area is 85.0 Å². The molecule has 14 heavy (non-hydrogen) atoms. The largest absolute Gasteiger partial charge is 0.481 e. The topological polar surface area (TPSA) is 37.3 Å². The first kappa shape index (κ1) is 9.75. The molecule has 2 bridgehead atoms. The van der Waals surface area contributed by atoms with Crippen molar-refractivity contribution in [3.8, 4) is 0 Å². The number of hydrogen-bond donors (Lipinski definition) is 1. The fourth-order valence-corrected chi connectivity index (χ4v) is 3.14. The molecule has 0 aromatic heterocycles. The highest BCUT2D eigenvalue weighted by Crippen LogP contribution is 2.58. The minimum absolute atomic E-state index is 0.00750. The van der Waals surface area contributed by atoms with Crippen molar-refractivity contribution in [3.05, 3.63) is 11.6 Å². The second kappa shape index (κ2) is 2.62. The average Bonchev–Trinajstić information content (AvgIpc) is 2.59. The summed E-state index contributed by atoms with van der Waals surface area (Å²) in [6, 6.07) is 0. The summed E-state index contributed by atoms with van der Waals surface area (Å²) in [7, 11) is 0. The molecule has 2 nitrogen and oxygen atoms in total. The molecule has 78 valence electrons. The molecule has 2 rings (SSSR count). The van der Waals surface area contributed by atoms with Gasteiger partial charge in [0, 0.05) is 0 Å². The molecule has 2 atom stereocenters. The fourth-order valence-electron chi connectivity index (χ4n) is 3.14. The van der Waals surface area contributed by atoms with Gasteiger partial charge in [-0.15, -0.1) is 0 Å². The monoisotopic (exact) mass is 194 g/mol. The maximum Gasteiger partial charge on any atom is 0.313 e. The molecule has 0 saturated heterocycles. The first-order valence-corrected chi connectivity index (χ1v) is 5.32. The van der Waals surface area contributed by atoms with Crippen LogP contribution < -0.4 is 0 Å². The Kier molecular flexibility index (Phi) is 1.82. The molecule has 2 heteroatoms. The Hall–Kier alpha value is -0.790. The molecular formula is C12H18O2. The predicted octanol–water partition coefficient (Wildman–Crippen LogP) is 2.84. The van der Waals surface area contributed by atoms with Gasteiger partial charge in [0.1, 0.15) is 0 Å². The van der Waals surface area contributed by atoms with Crippen LogP contribution in [0.5, 0.6) is 0 Å². The number of carboxylic acid groups (broad SMARTS) is 1. The van der Waals surface area contributed by atoms with Crippen molar-refractivity contribution < 1.29 is 9.90 Å². The molecule has 0 aromatic carbocycles. The lowest BCUT2D eigenvalue weighted by molar-refractivity contribution is -0.146. The van der Waals surface area contributed by atoms with Crippen LogP contribution in [-0.2, 0) is 4.79 Å². The fraction of sp³-hybridized carbons (Fsp3) is 0.750. The number of carboxylic acids is 1. The molecule has 1 fully saturated rings. The van der Waals surface area contributed by atoms with Gasteiger partial charge in [-0.2, -0.15) is 0 Å². The number of rotatable bonds is 1. The summed E-state index contributed by atoms with van der Waals surface area (Å²) in [5, 5.41) is 9.38. The lowest BCUT2D eigenvalue weighted by atomic mass is 9.69. The third-order valence-electron chi connectivity index (χ3n) is 3.69. The number of fused-ring (bicyclic) bond motifs is 2. The van der Waals surface area contributed by atoms with Crippen LogP contribution in [0.2, 0.25) is 0 Å². The van der Waals surface area contributed by atoms with E-state index >= 15 is 0 Å². The number of allylic oxidation sites excluding steroid dienone is 1. The molecule has 1 saturated carbocycles. The van der Waals surface area contributed by atoms with Crippen molar-refractivity contribution in [2.24, 2.45) is 16.7 Å². The third-order valence-corrected chi connectivity index (χ3v) is 3.69. The van der Waals surface area contributed by atoms with Gasteiger partial charge < -0.3 is 5.11 Å². The van der Waals surface area contributed by atoms with Crippen molar-refractivity contribution in [2.75, 3.05) is 0 Å². The van der Waals surface area contributed by atoms with Crippen molar-refractivity contribution >= 4 is 5.97 Å². The molecule has 2 unspecified atom stereocenters. The van der Waals surface area contributed by atoms with Crippen LogP contribution in [0, 0.1) is 16.7 Å². The Morgan fingerprint density at radius 2 is 2.21 bits per heavy atom. The molecule has 0 radical (unpaired) electrons. The second-order valence-corrected chi connectivity index (χ2v) is 5.72. The average molecular weight is 194 g/mol. The smallest absolute Gasteiger partial charge is 0.313 e. The van der Waals surface area contributed by atoms with E-state index in [-0.39, 0.29) is 5.41 Å². The zero-order chi connectivity index (χ0) is 10.6. The molecule has 0 aliphatic heterocycles. The summed E-state index contributed by atoms with van der Waals surface area (Å²) in [5.74, 6) is -0.0843. The van der Waals surface area contributed by atoms with Crippen molar-refractivity contribution in [3.63, 3.8) is 0 Å². The van der Waals surface area contributed by atoms with E-state index in [0.29, 0.717) is 5.92 Å². The van der Waals surface area contributed by atoms with Crippen molar-refractivity contribution in [1.29, 1.82) is 0 Å². The molecule has 0 spiro atoms. The zero-order valence-corrected chi connectivity index (χ0v) is 9.13. The SMILES string of the molecule is CC(C)(C)C1=CC2CCC1(C(=O)O)C2. The van der Waals surface area contributed by atoms with E-state index in [1.54, 1.807) is 0 Å². The highest BCUT2D eigenvalue weighted by atomic mass is 16.4. The summed E-state index contributed by atoms with van der Waals surface area (Å²) >= 11 is 0. The standard InChI is InChI=1S/C12H18O2/c1-11(2,3)9-6-8-4-5-12(9,7-8)10(13)14/h6,8H,4-5,7H2,1-3H3,(H,13,14). The van der Waals surface area contributed by atoms with E-state index in [1.807, 2.05) is 0 Å². The van der Waals surface area contributed by atoms with Crippen LogP contribution in [0.4, 0.5) is 0 Å². The zero-order valence-electron chi connectivity index (χ0n) is 9.13. The van der Waals surface area contributed by atoms with Gasteiger partial charge in [0.15, 0.2) is 0 Å². The van der Waals surface area contributed by atoms with Crippen LogP contribution in [-0.4, -0.2) is 11.1 Å².